The van der Waals surface area contributed by atoms with E-state index in [0.29, 0.717) is 17.5 Å². The zero-order valence-electron chi connectivity index (χ0n) is 30.6. The fourth-order valence-corrected chi connectivity index (χ4v) is 8.41. The van der Waals surface area contributed by atoms with Crippen molar-refractivity contribution in [2.75, 3.05) is 0 Å². The molecule has 0 atom stereocenters. The summed E-state index contributed by atoms with van der Waals surface area (Å²) in [5.41, 5.74) is 10.3. The van der Waals surface area contributed by atoms with E-state index in [-0.39, 0.29) is 0 Å². The van der Waals surface area contributed by atoms with Crippen molar-refractivity contribution >= 4 is 54.3 Å². The molecule has 11 aromatic rings. The Bertz CT molecular complexity index is 3260. The number of nitrogens with zero attached hydrogens (tertiary/aromatic N) is 3. The van der Waals surface area contributed by atoms with Crippen molar-refractivity contribution in [3.05, 3.63) is 188 Å². The largest absolute Gasteiger partial charge is 0.456 e. The van der Waals surface area contributed by atoms with Crippen LogP contribution >= 0.6 is 0 Å². The zero-order valence-corrected chi connectivity index (χ0v) is 30.6. The van der Waals surface area contributed by atoms with Gasteiger partial charge in [0.2, 0.25) is 0 Å². The molecule has 0 N–H and O–H groups in total. The third kappa shape index (κ3) is 5.26. The van der Waals surface area contributed by atoms with Gasteiger partial charge in [0.05, 0.1) is 0 Å². The standard InChI is InChI=1S/C52H33N3O/c1-32-28-38(31-44-41-22-9-8-20-39(41)40-21-10-11-23-42(40)48(32)44)36-19-12-18-35(29-36)37-26-27-46-45(30-37)49-43(24-13-25-47(49)56-46)52-54-50(33-14-4-2-5-15-33)53-51(55-52)34-16-6-3-7-17-34/h2-31H,1H3. The SMILES string of the molecule is Cc1cc(-c2cccc(-c3ccc4oc5cccc(-c6nc(-c7ccccc7)nc(-c7ccccc7)n6)c5c4c3)c2)cc2c3ccccc3c3ccccc3c12. The number of hydrogen-bond acceptors (Lipinski definition) is 4. The van der Waals surface area contributed by atoms with Crippen LogP contribution in [0.4, 0.5) is 0 Å². The predicted octanol–water partition coefficient (Wildman–Crippen LogP) is 13.9. The fraction of sp³-hybridized carbons (Fsp3) is 0.0192. The molecule has 2 aromatic heterocycles. The third-order valence-electron chi connectivity index (χ3n) is 11.0. The first-order chi connectivity index (χ1) is 27.7. The van der Waals surface area contributed by atoms with Crippen molar-refractivity contribution in [2.45, 2.75) is 6.92 Å². The molecule has 9 aromatic carbocycles. The first kappa shape index (κ1) is 32.0. The molecule has 4 heteroatoms. The summed E-state index contributed by atoms with van der Waals surface area (Å²) in [6, 6.07) is 63.9. The molecule has 0 unspecified atom stereocenters. The first-order valence-electron chi connectivity index (χ1n) is 18.9. The quantitative estimate of drug-likeness (QED) is 0.167. The molecule has 0 spiro atoms. The van der Waals surface area contributed by atoms with E-state index in [1.807, 2.05) is 72.8 Å². The highest BCUT2D eigenvalue weighted by Crippen LogP contribution is 2.41. The Morgan fingerprint density at radius 1 is 0.321 bits per heavy atom. The monoisotopic (exact) mass is 715 g/mol. The first-order valence-corrected chi connectivity index (χ1v) is 18.9. The van der Waals surface area contributed by atoms with Gasteiger partial charge in [-0.2, -0.15) is 0 Å². The minimum atomic E-state index is 0.602. The molecule has 0 amide bonds. The van der Waals surface area contributed by atoms with Gasteiger partial charge in [-0.3, -0.25) is 0 Å². The molecule has 0 saturated heterocycles. The number of aromatic nitrogens is 3. The van der Waals surface area contributed by atoms with Gasteiger partial charge < -0.3 is 4.42 Å². The van der Waals surface area contributed by atoms with Gasteiger partial charge in [-0.25, -0.2) is 15.0 Å². The molecule has 0 saturated carbocycles. The maximum atomic E-state index is 6.48. The normalized spacial score (nSPS) is 11.7. The Morgan fingerprint density at radius 2 is 0.839 bits per heavy atom. The Kier molecular flexibility index (Phi) is 7.36. The van der Waals surface area contributed by atoms with E-state index >= 15 is 0 Å². The summed E-state index contributed by atoms with van der Waals surface area (Å²) >= 11 is 0. The van der Waals surface area contributed by atoms with Crippen LogP contribution in [-0.4, -0.2) is 15.0 Å². The number of rotatable bonds is 5. The highest BCUT2D eigenvalue weighted by Gasteiger charge is 2.19. The highest BCUT2D eigenvalue weighted by atomic mass is 16.3. The van der Waals surface area contributed by atoms with Gasteiger partial charge in [0.25, 0.3) is 0 Å². The lowest BCUT2D eigenvalue weighted by Gasteiger charge is -2.15. The summed E-state index contributed by atoms with van der Waals surface area (Å²) in [5.74, 6) is 1.86. The molecule has 0 aliphatic rings. The second kappa shape index (κ2) is 12.9. The van der Waals surface area contributed by atoms with E-state index in [1.54, 1.807) is 0 Å². The van der Waals surface area contributed by atoms with Gasteiger partial charge in [-0.15, -0.1) is 0 Å². The number of furan rings is 1. The molecular formula is C52H33N3O. The average Bonchev–Trinajstić information content (AvgIpc) is 3.65. The molecule has 0 radical (unpaired) electrons. The molecule has 0 aliphatic carbocycles. The Labute approximate surface area is 323 Å². The van der Waals surface area contributed by atoms with Crippen LogP contribution < -0.4 is 0 Å². The molecule has 262 valence electrons. The van der Waals surface area contributed by atoms with Crippen LogP contribution in [0.15, 0.2) is 186 Å². The summed E-state index contributed by atoms with van der Waals surface area (Å²) in [4.78, 5) is 15.0. The fourth-order valence-electron chi connectivity index (χ4n) is 8.41. The van der Waals surface area contributed by atoms with Crippen molar-refractivity contribution in [3.63, 3.8) is 0 Å². The Morgan fingerprint density at radius 3 is 1.54 bits per heavy atom. The molecule has 0 fully saturated rings. The van der Waals surface area contributed by atoms with Crippen molar-refractivity contribution in [3.8, 4) is 56.4 Å². The lowest BCUT2D eigenvalue weighted by atomic mass is 9.89. The molecule has 0 bridgehead atoms. The smallest absolute Gasteiger partial charge is 0.164 e. The summed E-state index contributed by atoms with van der Waals surface area (Å²) in [6.45, 7) is 2.24. The van der Waals surface area contributed by atoms with Gasteiger partial charge in [-0.05, 0) is 97.4 Å². The number of hydrogen-bond donors (Lipinski definition) is 0. The molecule has 11 rings (SSSR count). The van der Waals surface area contributed by atoms with Crippen molar-refractivity contribution < 1.29 is 4.42 Å². The van der Waals surface area contributed by atoms with Gasteiger partial charge in [-0.1, -0.05) is 152 Å². The number of fused-ring (bicyclic) bond motifs is 9. The van der Waals surface area contributed by atoms with Gasteiger partial charge >= 0.3 is 0 Å². The summed E-state index contributed by atoms with van der Waals surface area (Å²) in [7, 11) is 0. The van der Waals surface area contributed by atoms with Crippen molar-refractivity contribution in [2.24, 2.45) is 0 Å². The van der Waals surface area contributed by atoms with Crippen LogP contribution in [0.2, 0.25) is 0 Å². The molecular weight excluding hydrogens is 683 g/mol. The van der Waals surface area contributed by atoms with Crippen LogP contribution in [-0.2, 0) is 0 Å². The minimum Gasteiger partial charge on any atom is -0.456 e. The van der Waals surface area contributed by atoms with Crippen molar-refractivity contribution in [1.82, 2.24) is 15.0 Å². The predicted molar refractivity (Wildman–Crippen MR) is 232 cm³/mol. The Balaban J connectivity index is 1.06. The van der Waals surface area contributed by atoms with E-state index in [1.165, 1.54) is 49.0 Å². The molecule has 4 nitrogen and oxygen atoms in total. The maximum Gasteiger partial charge on any atom is 0.164 e. The molecule has 56 heavy (non-hydrogen) atoms. The number of benzene rings is 9. The maximum absolute atomic E-state index is 6.48. The lowest BCUT2D eigenvalue weighted by Crippen LogP contribution is -2.00. The molecule has 2 heterocycles. The molecule has 0 aliphatic heterocycles. The average molecular weight is 716 g/mol. The summed E-state index contributed by atoms with van der Waals surface area (Å²) in [6.07, 6.45) is 0. The minimum absolute atomic E-state index is 0.602. The lowest BCUT2D eigenvalue weighted by molar-refractivity contribution is 0.669. The second-order valence-electron chi connectivity index (χ2n) is 14.4. The zero-order chi connectivity index (χ0) is 37.2. The van der Waals surface area contributed by atoms with Gasteiger partial charge in [0.1, 0.15) is 11.2 Å². The van der Waals surface area contributed by atoms with Gasteiger partial charge in [0.15, 0.2) is 17.5 Å². The van der Waals surface area contributed by atoms with E-state index in [0.717, 1.165) is 49.8 Å². The van der Waals surface area contributed by atoms with Crippen molar-refractivity contribution in [1.29, 1.82) is 0 Å². The highest BCUT2D eigenvalue weighted by molar-refractivity contribution is 6.26. The van der Waals surface area contributed by atoms with E-state index in [9.17, 15) is 0 Å². The third-order valence-corrected chi connectivity index (χ3v) is 11.0. The second-order valence-corrected chi connectivity index (χ2v) is 14.4. The Hall–Kier alpha value is -7.43. The number of aryl methyl sites for hydroxylation is 1. The summed E-state index contributed by atoms with van der Waals surface area (Å²) in [5, 5.41) is 9.74. The van der Waals surface area contributed by atoms with Gasteiger partial charge in [0, 0.05) is 27.5 Å². The van der Waals surface area contributed by atoms with E-state index in [2.05, 4.69) is 116 Å². The van der Waals surface area contributed by atoms with E-state index < -0.39 is 0 Å². The van der Waals surface area contributed by atoms with Crippen LogP contribution in [0.1, 0.15) is 5.56 Å². The van der Waals surface area contributed by atoms with Crippen LogP contribution in [0.25, 0.3) is 111 Å². The van der Waals surface area contributed by atoms with Crippen LogP contribution in [0.5, 0.6) is 0 Å². The summed E-state index contributed by atoms with van der Waals surface area (Å²) < 4.78 is 6.48. The van der Waals surface area contributed by atoms with E-state index in [4.69, 9.17) is 19.4 Å². The van der Waals surface area contributed by atoms with Crippen LogP contribution in [0, 0.1) is 6.92 Å². The van der Waals surface area contributed by atoms with Crippen LogP contribution in [0.3, 0.4) is 0 Å². The topological polar surface area (TPSA) is 51.8 Å².